The van der Waals surface area contributed by atoms with Gasteiger partial charge in [0.25, 0.3) is 0 Å². The molecule has 0 amide bonds. The fourth-order valence-electron chi connectivity index (χ4n) is 2.42. The molecule has 0 aliphatic carbocycles. The predicted octanol–water partition coefficient (Wildman–Crippen LogP) is 3.57. The third-order valence-electron chi connectivity index (χ3n) is 3.49. The average Bonchev–Trinajstić information content (AvgIpc) is 2.47. The maximum absolute atomic E-state index is 12.3. The van der Waals surface area contributed by atoms with Gasteiger partial charge in [-0.25, -0.2) is 13.1 Å². The van der Waals surface area contributed by atoms with Crippen molar-refractivity contribution in [3.05, 3.63) is 65.2 Å². The summed E-state index contributed by atoms with van der Waals surface area (Å²) in [6, 6.07) is 14.7. The molecule has 2 aromatic carbocycles. The molecule has 0 saturated heterocycles. The van der Waals surface area contributed by atoms with E-state index in [1.165, 1.54) is 0 Å². The van der Waals surface area contributed by atoms with Crippen LogP contribution >= 0.6 is 0 Å². The highest BCUT2D eigenvalue weighted by Gasteiger charge is 2.16. The fourth-order valence-corrected chi connectivity index (χ4v) is 3.80. The van der Waals surface area contributed by atoms with Crippen molar-refractivity contribution in [2.24, 2.45) is 0 Å². The molecule has 0 heterocycles. The summed E-state index contributed by atoms with van der Waals surface area (Å²) in [7, 11) is -3.40. The van der Waals surface area contributed by atoms with Crippen LogP contribution in [0, 0.1) is 6.92 Å². The predicted molar refractivity (Wildman–Crippen MR) is 93.0 cm³/mol. The van der Waals surface area contributed by atoms with E-state index in [0.717, 1.165) is 22.4 Å². The highest BCUT2D eigenvalue weighted by molar-refractivity contribution is 7.88. The molecule has 0 spiro atoms. The number of hydrogen-bond donors (Lipinski definition) is 1. The van der Waals surface area contributed by atoms with Crippen LogP contribution in [0.5, 0.6) is 5.75 Å². The maximum Gasteiger partial charge on any atom is 0.216 e. The molecular formula is C18H23NO3S. The molecule has 2 rings (SSSR count). The smallest absolute Gasteiger partial charge is 0.216 e. The Hall–Kier alpha value is -1.85. The number of hydrogen-bond acceptors (Lipinski definition) is 3. The topological polar surface area (TPSA) is 55.4 Å². The summed E-state index contributed by atoms with van der Waals surface area (Å²) in [6.45, 7) is 6.32. The Morgan fingerprint density at radius 2 is 1.83 bits per heavy atom. The number of nitrogens with one attached hydrogen (secondary N) is 1. The number of sulfonamides is 1. The minimum atomic E-state index is -3.40. The molecule has 0 unspecified atom stereocenters. The van der Waals surface area contributed by atoms with Crippen molar-refractivity contribution >= 4 is 10.0 Å². The summed E-state index contributed by atoms with van der Waals surface area (Å²) in [5, 5.41) is 0. The van der Waals surface area contributed by atoms with Gasteiger partial charge < -0.3 is 4.74 Å². The van der Waals surface area contributed by atoms with Crippen LogP contribution < -0.4 is 9.46 Å². The molecule has 0 aliphatic heterocycles. The van der Waals surface area contributed by atoms with Crippen LogP contribution in [0.15, 0.2) is 48.5 Å². The van der Waals surface area contributed by atoms with Crippen LogP contribution in [0.1, 0.15) is 36.6 Å². The standard InChI is InChI=1S/C18H23NO3S/c1-4-22-18-10-8-17(9-11-18)15(3)19-23(20,21)13-16-7-5-6-14(2)12-16/h5-12,15,19H,4,13H2,1-3H3/t15-/m1/s1. The maximum atomic E-state index is 12.3. The van der Waals surface area contributed by atoms with E-state index in [2.05, 4.69) is 4.72 Å². The fraction of sp³-hybridized carbons (Fsp3) is 0.333. The summed E-state index contributed by atoms with van der Waals surface area (Å²) >= 11 is 0. The van der Waals surface area contributed by atoms with E-state index in [-0.39, 0.29) is 11.8 Å². The number of aryl methyl sites for hydroxylation is 1. The number of ether oxygens (including phenoxy) is 1. The van der Waals surface area contributed by atoms with Crippen LogP contribution in [-0.2, 0) is 15.8 Å². The van der Waals surface area contributed by atoms with Gasteiger partial charge in [-0.15, -0.1) is 0 Å². The molecule has 5 heteroatoms. The zero-order valence-electron chi connectivity index (χ0n) is 13.7. The van der Waals surface area contributed by atoms with Gasteiger partial charge in [0.1, 0.15) is 5.75 Å². The Morgan fingerprint density at radius 3 is 2.43 bits per heavy atom. The van der Waals surface area contributed by atoms with Crippen LogP contribution in [0.2, 0.25) is 0 Å². The molecule has 0 aliphatic rings. The van der Waals surface area contributed by atoms with Gasteiger partial charge in [0.05, 0.1) is 12.4 Å². The van der Waals surface area contributed by atoms with Crippen LogP contribution in [0.3, 0.4) is 0 Å². The first kappa shape index (κ1) is 17.5. The van der Waals surface area contributed by atoms with Gasteiger partial charge in [-0.05, 0) is 44.0 Å². The van der Waals surface area contributed by atoms with E-state index in [1.54, 1.807) is 0 Å². The van der Waals surface area contributed by atoms with E-state index >= 15 is 0 Å². The Balaban J connectivity index is 2.04. The van der Waals surface area contributed by atoms with Gasteiger partial charge in [-0.3, -0.25) is 0 Å². The second-order valence-electron chi connectivity index (χ2n) is 5.59. The van der Waals surface area contributed by atoms with Gasteiger partial charge in [0, 0.05) is 6.04 Å². The van der Waals surface area contributed by atoms with E-state index in [9.17, 15) is 8.42 Å². The second-order valence-corrected chi connectivity index (χ2v) is 7.34. The van der Waals surface area contributed by atoms with Crippen LogP contribution in [-0.4, -0.2) is 15.0 Å². The van der Waals surface area contributed by atoms with Crippen molar-refractivity contribution < 1.29 is 13.2 Å². The van der Waals surface area contributed by atoms with Crippen molar-refractivity contribution in [3.8, 4) is 5.75 Å². The van der Waals surface area contributed by atoms with Crippen molar-refractivity contribution in [1.82, 2.24) is 4.72 Å². The van der Waals surface area contributed by atoms with E-state index in [0.29, 0.717) is 6.61 Å². The lowest BCUT2D eigenvalue weighted by molar-refractivity contribution is 0.340. The van der Waals surface area contributed by atoms with E-state index in [4.69, 9.17) is 4.74 Å². The molecule has 4 nitrogen and oxygen atoms in total. The van der Waals surface area contributed by atoms with Gasteiger partial charge in [-0.2, -0.15) is 0 Å². The van der Waals surface area contributed by atoms with E-state index < -0.39 is 10.0 Å². The van der Waals surface area contributed by atoms with Gasteiger partial charge in [-0.1, -0.05) is 42.0 Å². The first-order chi connectivity index (χ1) is 10.9. The zero-order chi connectivity index (χ0) is 16.9. The van der Waals surface area contributed by atoms with Gasteiger partial charge in [0.15, 0.2) is 0 Å². The molecule has 2 aromatic rings. The molecule has 0 fully saturated rings. The Labute approximate surface area is 138 Å². The highest BCUT2D eigenvalue weighted by atomic mass is 32.2. The third-order valence-corrected chi connectivity index (χ3v) is 4.91. The molecule has 0 radical (unpaired) electrons. The summed E-state index contributed by atoms with van der Waals surface area (Å²) in [5.41, 5.74) is 2.75. The van der Waals surface area contributed by atoms with Crippen molar-refractivity contribution in [3.63, 3.8) is 0 Å². The second kappa shape index (κ2) is 7.62. The molecule has 0 aromatic heterocycles. The largest absolute Gasteiger partial charge is 0.494 e. The minimum Gasteiger partial charge on any atom is -0.494 e. The molecular weight excluding hydrogens is 310 g/mol. The monoisotopic (exact) mass is 333 g/mol. The summed E-state index contributed by atoms with van der Waals surface area (Å²) < 4.78 is 32.8. The number of benzene rings is 2. The molecule has 0 saturated carbocycles. The minimum absolute atomic E-state index is 0.0178. The number of rotatable bonds is 7. The van der Waals surface area contributed by atoms with Crippen LogP contribution in [0.25, 0.3) is 0 Å². The van der Waals surface area contributed by atoms with Gasteiger partial charge in [0.2, 0.25) is 10.0 Å². The molecule has 23 heavy (non-hydrogen) atoms. The lowest BCUT2D eigenvalue weighted by Crippen LogP contribution is -2.28. The summed E-state index contributed by atoms with van der Waals surface area (Å²) in [5.74, 6) is 0.766. The Morgan fingerprint density at radius 1 is 1.13 bits per heavy atom. The summed E-state index contributed by atoms with van der Waals surface area (Å²) in [6.07, 6.45) is 0. The Kier molecular flexibility index (Phi) is 5.80. The average molecular weight is 333 g/mol. The van der Waals surface area contributed by atoms with Gasteiger partial charge >= 0.3 is 0 Å². The lowest BCUT2D eigenvalue weighted by Gasteiger charge is -2.15. The first-order valence-electron chi connectivity index (χ1n) is 7.68. The molecule has 1 atom stereocenters. The summed E-state index contributed by atoms with van der Waals surface area (Å²) in [4.78, 5) is 0. The zero-order valence-corrected chi connectivity index (χ0v) is 14.6. The lowest BCUT2D eigenvalue weighted by atomic mass is 10.1. The third kappa shape index (κ3) is 5.37. The quantitative estimate of drug-likeness (QED) is 0.843. The van der Waals surface area contributed by atoms with E-state index in [1.807, 2.05) is 69.3 Å². The van der Waals surface area contributed by atoms with Crippen molar-refractivity contribution in [2.75, 3.05) is 6.61 Å². The SMILES string of the molecule is CCOc1ccc([C@@H](C)NS(=O)(=O)Cc2cccc(C)c2)cc1. The molecule has 0 bridgehead atoms. The first-order valence-corrected chi connectivity index (χ1v) is 9.33. The van der Waals surface area contributed by atoms with Crippen molar-refractivity contribution in [2.45, 2.75) is 32.6 Å². The van der Waals surface area contributed by atoms with Crippen molar-refractivity contribution in [1.29, 1.82) is 0 Å². The Bertz CT molecular complexity index is 739. The normalized spacial score (nSPS) is 12.8. The highest BCUT2D eigenvalue weighted by Crippen LogP contribution is 2.19. The molecule has 1 N–H and O–H groups in total. The molecule has 124 valence electrons. The van der Waals surface area contributed by atoms with Crippen LogP contribution in [0.4, 0.5) is 0 Å².